The number of hydrogen-bond acceptors (Lipinski definition) is 3. The molecule has 57 heavy (non-hydrogen) atoms. The van der Waals surface area contributed by atoms with Gasteiger partial charge in [0, 0.05) is 43.4 Å². The van der Waals surface area contributed by atoms with Crippen LogP contribution < -0.4 is 0 Å². The third-order valence-electron chi connectivity index (χ3n) is 11.3. The van der Waals surface area contributed by atoms with Gasteiger partial charge in [0.15, 0.2) is 11.4 Å². The van der Waals surface area contributed by atoms with Crippen LogP contribution in [0.1, 0.15) is 0 Å². The lowest BCUT2D eigenvalue weighted by Crippen LogP contribution is -2.05. The minimum absolute atomic E-state index is 0.623. The summed E-state index contributed by atoms with van der Waals surface area (Å²) in [7, 11) is 0. The molecule has 0 fully saturated rings. The zero-order chi connectivity index (χ0) is 37.5. The maximum atomic E-state index is 7.06. The zero-order valence-electron chi connectivity index (χ0n) is 30.7. The van der Waals surface area contributed by atoms with Crippen LogP contribution in [0.4, 0.5) is 0 Å². The fourth-order valence-corrected chi connectivity index (χ4v) is 8.87. The first-order valence-corrected chi connectivity index (χ1v) is 19.3. The van der Waals surface area contributed by atoms with E-state index in [0.29, 0.717) is 5.82 Å². The maximum Gasteiger partial charge on any atom is 0.163 e. The van der Waals surface area contributed by atoms with Gasteiger partial charge in [0.05, 0.1) is 50.4 Å². The van der Waals surface area contributed by atoms with E-state index in [4.69, 9.17) is 14.4 Å². The molecule has 5 heteroatoms. The molecule has 0 saturated heterocycles. The number of hydrogen-bond donors (Lipinski definition) is 0. The molecule has 12 rings (SSSR count). The molecule has 0 aliphatic rings. The lowest BCUT2D eigenvalue weighted by atomic mass is 10.00. The topological polar surface area (TPSA) is 48.8 Å². The van der Waals surface area contributed by atoms with Crippen molar-refractivity contribution < 1.29 is 4.42 Å². The molecule has 266 valence electrons. The number of nitrogens with zero attached hydrogens (tertiary/aromatic N) is 4. The Labute approximate surface area is 327 Å². The fraction of sp³-hybridized carbons (Fsp3) is 0. The summed E-state index contributed by atoms with van der Waals surface area (Å²) < 4.78 is 11.8. The van der Waals surface area contributed by atoms with Gasteiger partial charge in [-0.1, -0.05) is 152 Å². The van der Waals surface area contributed by atoms with E-state index in [1.807, 2.05) is 18.2 Å². The number of para-hydroxylation sites is 5. The predicted octanol–water partition coefficient (Wildman–Crippen LogP) is 13.6. The standard InChI is InChI=1S/C52H32N4O/c1-3-17-33(18-4-1)40-31-41(34-19-5-2-6-20-34)54-52(53-40)50-46(55-42-26-12-7-21-35(42)36-22-8-13-27-43(36)55)32-47(51-49(50)39-25-11-16-30-48(39)57-51)56-44-28-14-9-23-37(44)38-24-10-15-29-45(38)56/h1-32H. The molecular weight excluding hydrogens is 697 g/mol. The molecule has 0 N–H and O–H groups in total. The highest BCUT2D eigenvalue weighted by atomic mass is 16.3. The number of aromatic nitrogens is 4. The van der Waals surface area contributed by atoms with Crippen LogP contribution in [0.5, 0.6) is 0 Å². The fourth-order valence-electron chi connectivity index (χ4n) is 8.87. The van der Waals surface area contributed by atoms with Crippen molar-refractivity contribution in [3.05, 3.63) is 194 Å². The van der Waals surface area contributed by atoms with E-state index < -0.39 is 0 Å². The first-order chi connectivity index (χ1) is 28.3. The summed E-state index contributed by atoms with van der Waals surface area (Å²) in [5, 5.41) is 6.70. The Morgan fingerprint density at radius 2 is 0.772 bits per heavy atom. The third kappa shape index (κ3) is 4.76. The van der Waals surface area contributed by atoms with Crippen LogP contribution in [-0.4, -0.2) is 19.1 Å². The highest BCUT2D eigenvalue weighted by Crippen LogP contribution is 2.47. The second-order valence-corrected chi connectivity index (χ2v) is 14.5. The van der Waals surface area contributed by atoms with Crippen molar-refractivity contribution in [1.82, 2.24) is 19.1 Å². The average molecular weight is 729 g/mol. The molecule has 0 spiro atoms. The Hall–Kier alpha value is -7.76. The molecule has 0 radical (unpaired) electrons. The average Bonchev–Trinajstić information content (AvgIpc) is 3.95. The lowest BCUT2D eigenvalue weighted by Gasteiger charge is -2.19. The van der Waals surface area contributed by atoms with Crippen molar-refractivity contribution in [3.63, 3.8) is 0 Å². The van der Waals surface area contributed by atoms with Crippen LogP contribution in [0.25, 0.3) is 111 Å². The Morgan fingerprint density at radius 1 is 0.368 bits per heavy atom. The van der Waals surface area contributed by atoms with E-state index in [1.165, 1.54) is 21.5 Å². The van der Waals surface area contributed by atoms with Gasteiger partial charge < -0.3 is 13.6 Å². The highest BCUT2D eigenvalue weighted by molar-refractivity contribution is 6.19. The van der Waals surface area contributed by atoms with Gasteiger partial charge in [0.2, 0.25) is 0 Å². The van der Waals surface area contributed by atoms with Gasteiger partial charge in [-0.25, -0.2) is 9.97 Å². The Bertz CT molecular complexity index is 3360. The van der Waals surface area contributed by atoms with Crippen molar-refractivity contribution in [3.8, 4) is 45.3 Å². The molecule has 8 aromatic carbocycles. The molecule has 0 saturated carbocycles. The maximum absolute atomic E-state index is 7.06. The Morgan fingerprint density at radius 3 is 1.26 bits per heavy atom. The lowest BCUT2D eigenvalue weighted by molar-refractivity contribution is 0.666. The van der Waals surface area contributed by atoms with E-state index in [9.17, 15) is 0 Å². The van der Waals surface area contributed by atoms with Gasteiger partial charge in [0.1, 0.15) is 5.58 Å². The third-order valence-corrected chi connectivity index (χ3v) is 11.3. The first kappa shape index (κ1) is 31.6. The van der Waals surface area contributed by atoms with E-state index in [0.717, 1.165) is 83.5 Å². The SMILES string of the molecule is c1ccc(-c2cc(-c3ccccc3)nc(-c3c(-n4c5ccccc5c5ccccc54)cc(-n4c5ccccc5c5ccccc54)c4oc5ccccc5c34)n2)cc1. The van der Waals surface area contributed by atoms with Crippen molar-refractivity contribution in [2.24, 2.45) is 0 Å². The van der Waals surface area contributed by atoms with E-state index in [-0.39, 0.29) is 0 Å². The van der Waals surface area contributed by atoms with Crippen molar-refractivity contribution in [1.29, 1.82) is 0 Å². The first-order valence-electron chi connectivity index (χ1n) is 19.3. The second-order valence-electron chi connectivity index (χ2n) is 14.5. The number of rotatable bonds is 5. The largest absolute Gasteiger partial charge is 0.454 e. The molecule has 0 aliphatic heterocycles. The van der Waals surface area contributed by atoms with Crippen molar-refractivity contribution >= 4 is 65.6 Å². The van der Waals surface area contributed by atoms with E-state index >= 15 is 0 Å². The van der Waals surface area contributed by atoms with Crippen LogP contribution in [0, 0.1) is 0 Å². The summed E-state index contributed by atoms with van der Waals surface area (Å²) in [6, 6.07) is 68.2. The molecule has 12 aromatic rings. The van der Waals surface area contributed by atoms with Crippen LogP contribution in [0.15, 0.2) is 199 Å². The smallest absolute Gasteiger partial charge is 0.163 e. The van der Waals surface area contributed by atoms with Crippen LogP contribution in [0.3, 0.4) is 0 Å². The molecular formula is C52H32N4O. The monoisotopic (exact) mass is 728 g/mol. The van der Waals surface area contributed by atoms with E-state index in [1.54, 1.807) is 0 Å². The number of benzene rings is 8. The van der Waals surface area contributed by atoms with E-state index in [2.05, 4.69) is 185 Å². The Kier molecular flexibility index (Phi) is 6.86. The zero-order valence-corrected chi connectivity index (χ0v) is 30.7. The highest BCUT2D eigenvalue weighted by Gasteiger charge is 2.28. The number of fused-ring (bicyclic) bond motifs is 9. The second kappa shape index (κ2) is 12.4. The van der Waals surface area contributed by atoms with Crippen LogP contribution in [-0.2, 0) is 0 Å². The van der Waals surface area contributed by atoms with Crippen LogP contribution in [0.2, 0.25) is 0 Å². The summed E-state index contributed by atoms with van der Waals surface area (Å²) in [5.41, 5.74) is 12.5. The van der Waals surface area contributed by atoms with Gasteiger partial charge in [-0.15, -0.1) is 0 Å². The Balaban J connectivity index is 1.32. The number of furan rings is 1. The summed E-state index contributed by atoms with van der Waals surface area (Å²) in [6.45, 7) is 0. The molecule has 0 unspecified atom stereocenters. The molecule has 4 aromatic heterocycles. The summed E-state index contributed by atoms with van der Waals surface area (Å²) in [4.78, 5) is 11.0. The van der Waals surface area contributed by atoms with Gasteiger partial charge in [0.25, 0.3) is 0 Å². The quantitative estimate of drug-likeness (QED) is 0.177. The summed E-state index contributed by atoms with van der Waals surface area (Å²) in [5.74, 6) is 0.623. The minimum Gasteiger partial charge on any atom is -0.454 e. The van der Waals surface area contributed by atoms with Crippen molar-refractivity contribution in [2.75, 3.05) is 0 Å². The molecule has 0 amide bonds. The van der Waals surface area contributed by atoms with Gasteiger partial charge in [-0.2, -0.15) is 0 Å². The molecule has 0 bridgehead atoms. The summed E-state index contributed by atoms with van der Waals surface area (Å²) in [6.07, 6.45) is 0. The molecule has 4 heterocycles. The van der Waals surface area contributed by atoms with Gasteiger partial charge in [-0.3, -0.25) is 0 Å². The van der Waals surface area contributed by atoms with Gasteiger partial charge in [-0.05, 0) is 42.5 Å². The van der Waals surface area contributed by atoms with Crippen LogP contribution >= 0.6 is 0 Å². The summed E-state index contributed by atoms with van der Waals surface area (Å²) >= 11 is 0. The molecule has 0 atom stereocenters. The normalized spacial score (nSPS) is 11.9. The predicted molar refractivity (Wildman–Crippen MR) is 234 cm³/mol. The minimum atomic E-state index is 0.623. The molecule has 0 aliphatic carbocycles. The van der Waals surface area contributed by atoms with Gasteiger partial charge >= 0.3 is 0 Å². The van der Waals surface area contributed by atoms with Crippen molar-refractivity contribution in [2.45, 2.75) is 0 Å². The molecule has 5 nitrogen and oxygen atoms in total.